The Hall–Kier alpha value is -1.67. The quantitative estimate of drug-likeness (QED) is 0.579. The molecule has 0 aliphatic rings. The molecule has 0 amide bonds. The summed E-state index contributed by atoms with van der Waals surface area (Å²) in [5.41, 5.74) is -1.19. The minimum absolute atomic E-state index is 0.0935. The molecule has 1 aromatic carbocycles. The lowest BCUT2D eigenvalue weighted by Crippen LogP contribution is -2.48. The maximum absolute atomic E-state index is 11.1. The summed E-state index contributed by atoms with van der Waals surface area (Å²) in [6, 6.07) is 4.24. The van der Waals surface area contributed by atoms with Crippen molar-refractivity contribution >= 4 is 27.6 Å². The number of benzene rings is 1. The average Bonchev–Trinajstić information content (AvgIpc) is 2.37. The summed E-state index contributed by atoms with van der Waals surface area (Å²) in [7, 11) is 1.55. The molecule has 2 N–H and O–H groups in total. The fourth-order valence-electron chi connectivity index (χ4n) is 1.45. The van der Waals surface area contributed by atoms with Gasteiger partial charge in [-0.3, -0.25) is 14.9 Å². The number of halogens is 1. The van der Waals surface area contributed by atoms with E-state index < -0.39 is 16.4 Å². The summed E-state index contributed by atoms with van der Waals surface area (Å²) in [5, 5.41) is 22.5. The number of nitrogens with one attached hydrogen (secondary N) is 1. The zero-order valence-electron chi connectivity index (χ0n) is 11.1. The lowest BCUT2D eigenvalue weighted by molar-refractivity contribution is -0.385. The van der Waals surface area contributed by atoms with Crippen molar-refractivity contribution in [2.24, 2.45) is 0 Å². The Bertz CT molecular complexity index is 523. The van der Waals surface area contributed by atoms with E-state index in [4.69, 9.17) is 9.84 Å². The molecule has 7 nitrogen and oxygen atoms in total. The summed E-state index contributed by atoms with van der Waals surface area (Å²) in [6.07, 6.45) is 0.221. The van der Waals surface area contributed by atoms with Crippen molar-refractivity contribution in [1.29, 1.82) is 0 Å². The van der Waals surface area contributed by atoms with Crippen molar-refractivity contribution in [2.75, 3.05) is 13.7 Å². The molecular formula is C12H15BrN2O5. The second-order valence-corrected chi connectivity index (χ2v) is 5.30. The molecule has 0 aliphatic heterocycles. The van der Waals surface area contributed by atoms with Crippen LogP contribution in [0.4, 0.5) is 5.69 Å². The van der Waals surface area contributed by atoms with E-state index in [1.54, 1.807) is 20.0 Å². The third-order valence-corrected chi connectivity index (χ3v) is 3.42. The number of carbonyl (C=O) groups is 1. The first-order valence-electron chi connectivity index (χ1n) is 5.78. The number of aliphatic carboxylic acids is 1. The first kappa shape index (κ1) is 16.4. The molecule has 0 spiro atoms. The van der Waals surface area contributed by atoms with Gasteiger partial charge in [0.1, 0.15) is 11.3 Å². The van der Waals surface area contributed by atoms with Crippen molar-refractivity contribution < 1.29 is 19.6 Å². The molecule has 0 aromatic heterocycles. The summed E-state index contributed by atoms with van der Waals surface area (Å²) >= 11 is 3.16. The number of likely N-dealkylation sites (N-methyl/N-ethyl adjacent to an activating group) is 1. The molecule has 0 radical (unpaired) electrons. The molecule has 0 saturated carbocycles. The Morgan fingerprint density at radius 2 is 2.20 bits per heavy atom. The largest absolute Gasteiger partial charge is 0.493 e. The van der Waals surface area contributed by atoms with Crippen LogP contribution in [0.5, 0.6) is 5.75 Å². The van der Waals surface area contributed by atoms with E-state index in [0.29, 0.717) is 10.2 Å². The van der Waals surface area contributed by atoms with E-state index >= 15 is 0 Å². The molecular weight excluding hydrogens is 332 g/mol. The predicted molar refractivity (Wildman–Crippen MR) is 76.0 cm³/mol. The molecule has 1 atom stereocenters. The van der Waals surface area contributed by atoms with Gasteiger partial charge in [0, 0.05) is 17.0 Å². The van der Waals surface area contributed by atoms with Gasteiger partial charge in [0.15, 0.2) is 0 Å². The smallest absolute Gasteiger partial charge is 0.323 e. The van der Waals surface area contributed by atoms with E-state index in [1.165, 1.54) is 12.1 Å². The molecule has 0 saturated heterocycles. The van der Waals surface area contributed by atoms with Crippen LogP contribution >= 0.6 is 15.9 Å². The van der Waals surface area contributed by atoms with Gasteiger partial charge in [0.25, 0.3) is 5.69 Å². The maximum atomic E-state index is 11.1. The number of nitrogens with zero attached hydrogens (tertiary/aromatic N) is 1. The minimum atomic E-state index is -1.10. The third-order valence-electron chi connectivity index (χ3n) is 2.96. The first-order valence-corrected chi connectivity index (χ1v) is 6.58. The number of hydrogen-bond acceptors (Lipinski definition) is 5. The number of rotatable bonds is 7. The van der Waals surface area contributed by atoms with E-state index in [-0.39, 0.29) is 18.7 Å². The summed E-state index contributed by atoms with van der Waals surface area (Å²) in [6.45, 7) is 1.67. The van der Waals surface area contributed by atoms with E-state index in [1.807, 2.05) is 0 Å². The number of nitro groups is 1. The Balaban J connectivity index is 2.71. The highest BCUT2D eigenvalue weighted by Gasteiger charge is 2.30. The van der Waals surface area contributed by atoms with Gasteiger partial charge >= 0.3 is 5.97 Å². The maximum Gasteiger partial charge on any atom is 0.323 e. The van der Waals surface area contributed by atoms with Crippen molar-refractivity contribution in [1.82, 2.24) is 5.32 Å². The van der Waals surface area contributed by atoms with Crippen molar-refractivity contribution in [3.8, 4) is 5.75 Å². The highest BCUT2D eigenvalue weighted by Crippen LogP contribution is 2.26. The van der Waals surface area contributed by atoms with Crippen LogP contribution in [0.15, 0.2) is 22.7 Å². The van der Waals surface area contributed by atoms with Crippen molar-refractivity contribution in [3.05, 3.63) is 32.8 Å². The number of nitro benzene ring substituents is 1. The van der Waals surface area contributed by atoms with E-state index in [2.05, 4.69) is 21.2 Å². The highest BCUT2D eigenvalue weighted by molar-refractivity contribution is 9.10. The standard InChI is InChI=1S/C12H15BrN2O5/c1-12(14-2,11(16)17)3-4-20-10-6-8(13)5-9(7-10)15(18)19/h5-7,14H,3-4H2,1-2H3,(H,16,17). The first-order chi connectivity index (χ1) is 9.28. The Labute approximate surface area is 124 Å². The summed E-state index contributed by atoms with van der Waals surface area (Å²) in [5.74, 6) is -0.668. The Morgan fingerprint density at radius 1 is 1.55 bits per heavy atom. The van der Waals surface area contributed by atoms with Crippen LogP contribution in [-0.2, 0) is 4.79 Å². The molecule has 0 bridgehead atoms. The molecule has 0 fully saturated rings. The molecule has 20 heavy (non-hydrogen) atoms. The molecule has 0 aliphatic carbocycles. The number of ether oxygens (including phenoxy) is 1. The third kappa shape index (κ3) is 4.17. The van der Waals surface area contributed by atoms with Gasteiger partial charge in [-0.2, -0.15) is 0 Å². The van der Waals surface area contributed by atoms with Crippen LogP contribution in [0.2, 0.25) is 0 Å². The van der Waals surface area contributed by atoms with Gasteiger partial charge in [-0.05, 0) is 20.0 Å². The monoisotopic (exact) mass is 346 g/mol. The van der Waals surface area contributed by atoms with Crippen LogP contribution in [0.3, 0.4) is 0 Å². The number of carboxylic acids is 1. The summed E-state index contributed by atoms with van der Waals surface area (Å²) < 4.78 is 5.91. The zero-order valence-corrected chi connectivity index (χ0v) is 12.6. The average molecular weight is 347 g/mol. The molecule has 1 rings (SSSR count). The van der Waals surface area contributed by atoms with E-state index in [0.717, 1.165) is 0 Å². The Kier molecular flexibility index (Phi) is 5.46. The van der Waals surface area contributed by atoms with Gasteiger partial charge in [-0.15, -0.1) is 0 Å². The second-order valence-electron chi connectivity index (χ2n) is 4.39. The lowest BCUT2D eigenvalue weighted by atomic mass is 9.99. The Morgan fingerprint density at radius 3 is 2.70 bits per heavy atom. The minimum Gasteiger partial charge on any atom is -0.493 e. The van der Waals surface area contributed by atoms with E-state index in [9.17, 15) is 14.9 Å². The molecule has 1 unspecified atom stereocenters. The van der Waals surface area contributed by atoms with Crippen LogP contribution < -0.4 is 10.1 Å². The lowest BCUT2D eigenvalue weighted by Gasteiger charge is -2.23. The number of hydrogen-bond donors (Lipinski definition) is 2. The molecule has 8 heteroatoms. The van der Waals surface area contributed by atoms with Gasteiger partial charge in [-0.1, -0.05) is 15.9 Å². The van der Waals surface area contributed by atoms with Crippen LogP contribution in [-0.4, -0.2) is 35.2 Å². The van der Waals surface area contributed by atoms with Gasteiger partial charge < -0.3 is 15.2 Å². The van der Waals surface area contributed by atoms with Gasteiger partial charge in [0.2, 0.25) is 0 Å². The number of carboxylic acid groups (broad SMARTS) is 1. The normalized spacial score (nSPS) is 13.6. The second kappa shape index (κ2) is 6.67. The zero-order chi connectivity index (χ0) is 15.3. The topological polar surface area (TPSA) is 102 Å². The van der Waals surface area contributed by atoms with Gasteiger partial charge in [0.05, 0.1) is 17.6 Å². The fourth-order valence-corrected chi connectivity index (χ4v) is 1.91. The van der Waals surface area contributed by atoms with Crippen LogP contribution in [0.1, 0.15) is 13.3 Å². The predicted octanol–water partition coefficient (Wildman–Crippen LogP) is 2.19. The van der Waals surface area contributed by atoms with Crippen molar-refractivity contribution in [3.63, 3.8) is 0 Å². The summed E-state index contributed by atoms with van der Waals surface area (Å²) in [4.78, 5) is 21.3. The van der Waals surface area contributed by atoms with Gasteiger partial charge in [-0.25, -0.2) is 0 Å². The fraction of sp³-hybridized carbons (Fsp3) is 0.417. The molecule has 110 valence electrons. The SMILES string of the molecule is CNC(C)(CCOc1cc(Br)cc([N+](=O)[O-])c1)C(=O)O. The van der Waals surface area contributed by atoms with Crippen LogP contribution in [0.25, 0.3) is 0 Å². The molecule has 1 aromatic rings. The van der Waals surface area contributed by atoms with Crippen molar-refractivity contribution in [2.45, 2.75) is 18.9 Å². The highest BCUT2D eigenvalue weighted by atomic mass is 79.9. The van der Waals surface area contributed by atoms with Crippen LogP contribution in [0, 0.1) is 10.1 Å². The molecule has 0 heterocycles. The number of non-ortho nitro benzene ring substituents is 1.